The molecule has 200 valence electrons. The monoisotopic (exact) mass is 565 g/mol. The van der Waals surface area contributed by atoms with Crippen LogP contribution in [0.25, 0.3) is 0 Å². The van der Waals surface area contributed by atoms with Crippen LogP contribution in [0.5, 0.6) is 11.5 Å². The molecule has 2 N–H and O–H groups in total. The number of amides is 3. The quantitative estimate of drug-likeness (QED) is 0.533. The molecule has 1 unspecified atom stereocenters. The largest absolute Gasteiger partial charge is 0.484 e. The average molecular weight is 566 g/mol. The van der Waals surface area contributed by atoms with Gasteiger partial charge < -0.3 is 25.0 Å². The summed E-state index contributed by atoms with van der Waals surface area (Å²) >= 11 is 11.7. The van der Waals surface area contributed by atoms with Crippen LogP contribution in [0, 0.1) is 5.82 Å². The van der Waals surface area contributed by atoms with Gasteiger partial charge in [-0.1, -0.05) is 23.2 Å². The zero-order valence-electron chi connectivity index (χ0n) is 20.0. The number of benzene rings is 2. The number of hydrogen-bond donors (Lipinski definition) is 2. The highest BCUT2D eigenvalue weighted by molar-refractivity contribution is 6.31. The molecule has 4 saturated carbocycles. The molecule has 8 nitrogen and oxygen atoms in total. The summed E-state index contributed by atoms with van der Waals surface area (Å²) in [4.78, 5) is 39.6. The van der Waals surface area contributed by atoms with Crippen molar-refractivity contribution in [2.45, 2.75) is 55.0 Å². The number of nitrogens with zero attached hydrogens (tertiary/aromatic N) is 1. The highest BCUT2D eigenvalue weighted by Gasteiger charge is 2.69. The minimum absolute atomic E-state index is 0.0382. The van der Waals surface area contributed by atoms with E-state index >= 15 is 0 Å². The summed E-state index contributed by atoms with van der Waals surface area (Å²) in [6.07, 6.45) is 0.859. The van der Waals surface area contributed by atoms with Crippen molar-refractivity contribution < 1.29 is 32.6 Å². The maximum Gasteiger partial charge on any atom is 0.264 e. The Bertz CT molecular complexity index is 1350. The normalized spacial score (nSPS) is 27.6. The number of carbonyl (C=O) groups is 3. The summed E-state index contributed by atoms with van der Waals surface area (Å²) in [5.74, 6) is -1.65. The van der Waals surface area contributed by atoms with E-state index in [0.29, 0.717) is 30.0 Å². The number of hydrogen-bond acceptors (Lipinski definition) is 5. The topological polar surface area (TPSA) is 97.0 Å². The molecule has 5 aliphatic rings. The zero-order valence-corrected chi connectivity index (χ0v) is 21.5. The number of alkyl halides is 1. The highest BCUT2D eigenvalue weighted by atomic mass is 35.5. The molecule has 0 radical (unpaired) electrons. The van der Waals surface area contributed by atoms with Crippen LogP contribution in [0.15, 0.2) is 36.4 Å². The highest BCUT2D eigenvalue weighted by Crippen LogP contribution is 2.60. The van der Waals surface area contributed by atoms with Crippen LogP contribution in [0.4, 0.5) is 14.5 Å². The standard InChI is InChI=1S/C26H23Cl2F2N3O5/c27-14-1-4-19-18(7-14)33(23(36)26(30)5-6-26)9-20(38-19)22(35)32-25-11-24(12-25,13-25)31-21(34)10-37-15-2-3-16(28)17(29)8-15/h1-4,7-8,20H,5-6,9-13H2,(H,31,34)(H,32,35). The van der Waals surface area contributed by atoms with Gasteiger partial charge in [0.2, 0.25) is 0 Å². The van der Waals surface area contributed by atoms with E-state index < -0.39 is 40.5 Å². The number of anilines is 1. The fraction of sp³-hybridized carbons (Fsp3) is 0.423. The van der Waals surface area contributed by atoms with Gasteiger partial charge in [0, 0.05) is 22.2 Å². The predicted octanol–water partition coefficient (Wildman–Crippen LogP) is 3.72. The van der Waals surface area contributed by atoms with Crippen molar-refractivity contribution in [3.8, 4) is 11.5 Å². The van der Waals surface area contributed by atoms with E-state index in [9.17, 15) is 23.2 Å². The molecule has 12 heteroatoms. The summed E-state index contributed by atoms with van der Waals surface area (Å²) in [7, 11) is 0. The summed E-state index contributed by atoms with van der Waals surface area (Å²) in [5, 5.41) is 6.24. The molecule has 7 rings (SSSR count). The van der Waals surface area contributed by atoms with Gasteiger partial charge in [-0.15, -0.1) is 0 Å². The Labute approximate surface area is 226 Å². The lowest BCUT2D eigenvalue weighted by Crippen LogP contribution is -2.84. The van der Waals surface area contributed by atoms with Gasteiger partial charge in [0.05, 0.1) is 17.3 Å². The summed E-state index contributed by atoms with van der Waals surface area (Å²) < 4.78 is 39.4. The number of nitrogens with one attached hydrogen (secondary N) is 2. The molecule has 4 aliphatic carbocycles. The van der Waals surface area contributed by atoms with Crippen molar-refractivity contribution in [3.63, 3.8) is 0 Å². The maximum absolute atomic E-state index is 14.6. The fourth-order valence-corrected chi connectivity index (χ4v) is 5.88. The Balaban J connectivity index is 1.04. The van der Waals surface area contributed by atoms with Gasteiger partial charge >= 0.3 is 0 Å². The van der Waals surface area contributed by atoms with Crippen LogP contribution < -0.4 is 25.0 Å². The van der Waals surface area contributed by atoms with Crippen molar-refractivity contribution in [1.82, 2.24) is 10.6 Å². The van der Waals surface area contributed by atoms with Gasteiger partial charge in [0.15, 0.2) is 18.4 Å². The van der Waals surface area contributed by atoms with Crippen molar-refractivity contribution in [2.75, 3.05) is 18.1 Å². The average Bonchev–Trinajstić information content (AvgIpc) is 3.60. The Kier molecular flexibility index (Phi) is 5.77. The first-order chi connectivity index (χ1) is 18.0. The Morgan fingerprint density at radius 2 is 1.76 bits per heavy atom. The van der Waals surface area contributed by atoms with Crippen molar-refractivity contribution in [1.29, 1.82) is 0 Å². The molecule has 2 aromatic rings. The first kappa shape index (κ1) is 25.2. The first-order valence-electron chi connectivity index (χ1n) is 12.2. The van der Waals surface area contributed by atoms with Crippen LogP contribution in [0.3, 0.4) is 0 Å². The third-order valence-corrected chi connectivity index (χ3v) is 8.07. The summed E-state index contributed by atoms with van der Waals surface area (Å²) in [6, 6.07) is 8.58. The number of rotatable bonds is 7. The van der Waals surface area contributed by atoms with Crippen LogP contribution in [-0.4, -0.2) is 53.7 Å². The van der Waals surface area contributed by atoms with Crippen LogP contribution in [0.2, 0.25) is 10.0 Å². The lowest BCUT2D eigenvalue weighted by molar-refractivity contribution is -0.153. The van der Waals surface area contributed by atoms with Gasteiger partial charge in [-0.05, 0) is 62.4 Å². The van der Waals surface area contributed by atoms with Gasteiger partial charge in [-0.2, -0.15) is 0 Å². The third-order valence-electron chi connectivity index (χ3n) is 7.52. The molecule has 2 bridgehead atoms. The lowest BCUT2D eigenvalue weighted by atomic mass is 9.44. The van der Waals surface area contributed by atoms with Crippen molar-refractivity contribution in [3.05, 3.63) is 52.3 Å². The molecule has 1 heterocycles. The molecule has 1 aliphatic heterocycles. The van der Waals surface area contributed by atoms with Gasteiger partial charge in [0.25, 0.3) is 17.7 Å². The predicted molar refractivity (Wildman–Crippen MR) is 134 cm³/mol. The molecule has 0 saturated heterocycles. The van der Waals surface area contributed by atoms with Crippen molar-refractivity contribution in [2.24, 2.45) is 0 Å². The lowest BCUT2D eigenvalue weighted by Gasteiger charge is -2.70. The maximum atomic E-state index is 14.6. The minimum Gasteiger partial charge on any atom is -0.484 e. The van der Waals surface area contributed by atoms with Crippen LogP contribution in [-0.2, 0) is 14.4 Å². The molecular formula is C26H23Cl2F2N3O5. The molecular weight excluding hydrogens is 543 g/mol. The summed E-state index contributed by atoms with van der Waals surface area (Å²) in [6.45, 7) is -0.425. The molecule has 0 aromatic heterocycles. The van der Waals surface area contributed by atoms with Crippen molar-refractivity contribution >= 4 is 46.6 Å². The molecule has 4 fully saturated rings. The second kappa shape index (κ2) is 8.71. The third kappa shape index (κ3) is 4.43. The molecule has 3 amide bonds. The Morgan fingerprint density at radius 3 is 2.45 bits per heavy atom. The van der Waals surface area contributed by atoms with E-state index in [1.165, 1.54) is 23.1 Å². The summed E-state index contributed by atoms with van der Waals surface area (Å²) in [5.41, 5.74) is -2.50. The number of fused-ring (bicyclic) bond motifs is 1. The molecule has 2 aromatic carbocycles. The zero-order chi connectivity index (χ0) is 26.9. The van der Waals surface area contributed by atoms with E-state index in [4.69, 9.17) is 32.7 Å². The van der Waals surface area contributed by atoms with E-state index in [1.54, 1.807) is 12.1 Å². The molecule has 1 atom stereocenters. The smallest absolute Gasteiger partial charge is 0.264 e. The van der Waals surface area contributed by atoms with Gasteiger partial charge in [0.1, 0.15) is 17.3 Å². The van der Waals surface area contributed by atoms with Gasteiger partial charge in [-0.3, -0.25) is 14.4 Å². The van der Waals surface area contributed by atoms with Crippen LogP contribution >= 0.6 is 23.2 Å². The fourth-order valence-electron chi connectivity index (χ4n) is 5.59. The van der Waals surface area contributed by atoms with E-state index in [-0.39, 0.29) is 48.4 Å². The van der Waals surface area contributed by atoms with Crippen LogP contribution in [0.1, 0.15) is 32.1 Å². The first-order valence-corrected chi connectivity index (χ1v) is 12.9. The van der Waals surface area contributed by atoms with E-state index in [2.05, 4.69) is 10.6 Å². The molecule has 0 spiro atoms. The minimum atomic E-state index is -1.91. The number of carbonyl (C=O) groups excluding carboxylic acids is 3. The Hall–Kier alpha value is -3.11. The van der Waals surface area contributed by atoms with Gasteiger partial charge in [-0.25, -0.2) is 8.78 Å². The number of halogens is 4. The second-order valence-corrected chi connectivity index (χ2v) is 11.4. The SMILES string of the molecule is O=C(COc1ccc(Cl)c(F)c1)NC12CC(NC(=O)C3CN(C(=O)C4(F)CC4)c4cc(Cl)ccc4O3)(C1)C2. The van der Waals surface area contributed by atoms with E-state index in [0.717, 1.165) is 6.07 Å². The molecule has 38 heavy (non-hydrogen) atoms. The number of ether oxygens (including phenoxy) is 2. The van der Waals surface area contributed by atoms with E-state index in [1.807, 2.05) is 0 Å². The second-order valence-electron chi connectivity index (χ2n) is 10.6. The Morgan fingerprint density at radius 1 is 1.05 bits per heavy atom.